The number of aromatic nitrogens is 2. The summed E-state index contributed by atoms with van der Waals surface area (Å²) in [6.07, 6.45) is 9.21. The van der Waals surface area contributed by atoms with Gasteiger partial charge < -0.3 is 15.0 Å². The number of aliphatic carboxylic acids is 1. The maximum absolute atomic E-state index is 14.2. The Balaban J connectivity index is 1.25. The number of carboxylic acids is 1. The molecule has 2 aromatic heterocycles. The number of nitrogens with zero attached hydrogens (tertiary/aromatic N) is 3. The third kappa shape index (κ3) is 4.04. The molecule has 0 atom stereocenters. The summed E-state index contributed by atoms with van der Waals surface area (Å²) < 4.78 is 14.2. The van der Waals surface area contributed by atoms with Crippen molar-refractivity contribution >= 4 is 28.3 Å². The maximum Gasteiger partial charge on any atom is 0.309 e. The molecule has 2 N–H and O–H groups in total. The van der Waals surface area contributed by atoms with E-state index >= 15 is 0 Å². The lowest BCUT2D eigenvalue weighted by Gasteiger charge is -2.41. The minimum absolute atomic E-state index is 0.230. The number of H-pyrrole nitrogens is 1. The highest BCUT2D eigenvalue weighted by atomic mass is 19.1. The molecular weight excluding hydrogens is 467 g/mol. The molecule has 7 heteroatoms. The van der Waals surface area contributed by atoms with Gasteiger partial charge in [-0.15, -0.1) is 0 Å². The van der Waals surface area contributed by atoms with E-state index in [0.717, 1.165) is 85.3 Å². The first-order valence-electron chi connectivity index (χ1n) is 13.4. The van der Waals surface area contributed by atoms with Crippen molar-refractivity contribution in [1.82, 2.24) is 14.9 Å². The monoisotopic (exact) mass is 502 g/mol. The second-order valence-corrected chi connectivity index (χ2v) is 11.6. The van der Waals surface area contributed by atoms with Gasteiger partial charge in [0.05, 0.1) is 5.41 Å². The molecule has 1 aliphatic carbocycles. The van der Waals surface area contributed by atoms with Crippen LogP contribution in [-0.4, -0.2) is 52.1 Å². The standard InChI is InChI=1S/C30H35FN4O2/c1-30(2,29(36)37)19-4-7-21(8-5-19)35-14-11-18(12-15-35)27-24-17-34(3)25-9-6-20(31)16-23(25)22-10-13-32-28(33-27)26(22)24/h6,9-11,13,16,19,21H,4-5,7-8,12,14-15,17H2,1-3H3,(H,32,33)(H,36,37). The topological polar surface area (TPSA) is 72.5 Å². The van der Waals surface area contributed by atoms with E-state index in [9.17, 15) is 14.3 Å². The van der Waals surface area contributed by atoms with Gasteiger partial charge in [-0.1, -0.05) is 6.08 Å². The van der Waals surface area contributed by atoms with Gasteiger partial charge in [-0.2, -0.15) is 0 Å². The fourth-order valence-corrected chi connectivity index (χ4v) is 6.80. The van der Waals surface area contributed by atoms with E-state index in [4.69, 9.17) is 0 Å². The zero-order valence-electron chi connectivity index (χ0n) is 21.9. The van der Waals surface area contributed by atoms with Crippen LogP contribution < -0.4 is 4.90 Å². The number of pyridine rings is 1. The zero-order chi connectivity index (χ0) is 25.9. The number of carbonyl (C=O) groups is 1. The molecule has 6 rings (SSSR count). The van der Waals surface area contributed by atoms with Gasteiger partial charge in [0.15, 0.2) is 0 Å². The number of halogens is 1. The number of rotatable bonds is 4. The molecule has 1 aromatic carbocycles. The van der Waals surface area contributed by atoms with E-state index in [2.05, 4.69) is 32.9 Å². The molecule has 0 radical (unpaired) electrons. The Bertz CT molecular complexity index is 1400. The Kier molecular flexibility index (Phi) is 5.86. The van der Waals surface area contributed by atoms with Gasteiger partial charge in [-0.3, -0.25) is 9.69 Å². The second kappa shape index (κ2) is 8.98. The molecule has 3 aliphatic rings. The summed E-state index contributed by atoms with van der Waals surface area (Å²) in [6.45, 7) is 6.39. The highest BCUT2D eigenvalue weighted by Gasteiger charge is 2.40. The van der Waals surface area contributed by atoms with Crippen LogP contribution in [0.3, 0.4) is 0 Å². The number of hydrogen-bond donors (Lipinski definition) is 2. The van der Waals surface area contributed by atoms with E-state index in [-0.39, 0.29) is 11.7 Å². The largest absolute Gasteiger partial charge is 0.481 e. The predicted molar refractivity (Wildman–Crippen MR) is 145 cm³/mol. The van der Waals surface area contributed by atoms with Crippen molar-refractivity contribution in [2.45, 2.75) is 58.5 Å². The van der Waals surface area contributed by atoms with E-state index in [1.165, 1.54) is 17.2 Å². The van der Waals surface area contributed by atoms with Gasteiger partial charge in [0.1, 0.15) is 11.5 Å². The Labute approximate surface area is 217 Å². The van der Waals surface area contributed by atoms with Crippen LogP contribution in [0, 0.1) is 17.2 Å². The number of aromatic amines is 1. The number of anilines is 1. The highest BCUT2D eigenvalue weighted by molar-refractivity contribution is 6.02. The molecule has 1 saturated carbocycles. The van der Waals surface area contributed by atoms with Crippen molar-refractivity contribution in [3.8, 4) is 11.1 Å². The first-order valence-corrected chi connectivity index (χ1v) is 13.4. The van der Waals surface area contributed by atoms with Crippen LogP contribution in [0.1, 0.15) is 57.2 Å². The first kappa shape index (κ1) is 24.2. The molecule has 0 saturated heterocycles. The summed E-state index contributed by atoms with van der Waals surface area (Å²) in [6, 6.07) is 7.56. The summed E-state index contributed by atoms with van der Waals surface area (Å²) in [5.74, 6) is -0.667. The van der Waals surface area contributed by atoms with Crippen LogP contribution in [-0.2, 0) is 11.3 Å². The highest BCUT2D eigenvalue weighted by Crippen LogP contribution is 2.44. The molecule has 3 aromatic rings. The lowest BCUT2D eigenvalue weighted by atomic mass is 9.70. The van der Waals surface area contributed by atoms with Gasteiger partial charge in [0.2, 0.25) is 0 Å². The minimum Gasteiger partial charge on any atom is -0.481 e. The Morgan fingerprint density at radius 2 is 1.95 bits per heavy atom. The molecule has 0 spiro atoms. The second-order valence-electron chi connectivity index (χ2n) is 11.6. The molecule has 37 heavy (non-hydrogen) atoms. The quantitative estimate of drug-likeness (QED) is 0.453. The number of hydrogen-bond acceptors (Lipinski definition) is 4. The summed E-state index contributed by atoms with van der Waals surface area (Å²) in [7, 11) is 2.07. The van der Waals surface area contributed by atoms with Crippen molar-refractivity contribution in [2.75, 3.05) is 25.0 Å². The summed E-state index contributed by atoms with van der Waals surface area (Å²) in [4.78, 5) is 24.7. The average Bonchev–Trinajstić information content (AvgIpc) is 3.21. The van der Waals surface area contributed by atoms with Gasteiger partial charge in [-0.05, 0) is 87.3 Å². The van der Waals surface area contributed by atoms with Crippen LogP contribution in [0.5, 0.6) is 0 Å². The van der Waals surface area contributed by atoms with Crippen LogP contribution in [0.25, 0.3) is 27.7 Å². The van der Waals surface area contributed by atoms with Crippen molar-refractivity contribution in [2.24, 2.45) is 11.3 Å². The van der Waals surface area contributed by atoms with E-state index in [0.29, 0.717) is 6.04 Å². The summed E-state index contributed by atoms with van der Waals surface area (Å²) in [5, 5.41) is 10.7. The Morgan fingerprint density at radius 1 is 1.16 bits per heavy atom. The van der Waals surface area contributed by atoms with Crippen molar-refractivity contribution < 1.29 is 14.3 Å². The molecule has 0 unspecified atom stereocenters. The zero-order valence-corrected chi connectivity index (χ0v) is 21.9. The lowest BCUT2D eigenvalue weighted by molar-refractivity contribution is -0.151. The number of fused-ring (bicyclic) bond motifs is 2. The van der Waals surface area contributed by atoms with E-state index in [1.54, 1.807) is 12.3 Å². The summed E-state index contributed by atoms with van der Waals surface area (Å²) >= 11 is 0. The maximum atomic E-state index is 14.2. The number of carboxylic acid groups (broad SMARTS) is 1. The van der Waals surface area contributed by atoms with Crippen LogP contribution >= 0.6 is 0 Å². The molecule has 1 fully saturated rings. The average molecular weight is 503 g/mol. The molecule has 0 bridgehead atoms. The smallest absolute Gasteiger partial charge is 0.309 e. The van der Waals surface area contributed by atoms with Gasteiger partial charge >= 0.3 is 5.97 Å². The molecule has 0 amide bonds. The minimum atomic E-state index is -0.684. The number of benzene rings is 1. The van der Waals surface area contributed by atoms with Crippen molar-refractivity contribution in [1.29, 1.82) is 0 Å². The SMILES string of the molecule is CN1Cc2c(C3=CCN(C4CCC(C(C)(C)C(=O)O)CC4)CC3)[nH]c3nccc(c23)-c2cc(F)ccc21. The Morgan fingerprint density at radius 3 is 2.65 bits per heavy atom. The molecule has 2 aliphatic heterocycles. The van der Waals surface area contributed by atoms with Crippen LogP contribution in [0.2, 0.25) is 0 Å². The lowest BCUT2D eigenvalue weighted by Crippen LogP contribution is -2.43. The van der Waals surface area contributed by atoms with Crippen LogP contribution in [0.4, 0.5) is 10.1 Å². The van der Waals surface area contributed by atoms with E-state index in [1.807, 2.05) is 26.0 Å². The fraction of sp³-hybridized carbons (Fsp3) is 0.467. The predicted octanol–water partition coefficient (Wildman–Crippen LogP) is 6.08. The normalized spacial score (nSPS) is 22.5. The first-order chi connectivity index (χ1) is 17.7. The summed E-state index contributed by atoms with van der Waals surface area (Å²) in [5.41, 5.74) is 6.87. The van der Waals surface area contributed by atoms with Gasteiger partial charge in [0.25, 0.3) is 0 Å². The van der Waals surface area contributed by atoms with Crippen molar-refractivity contribution in [3.63, 3.8) is 0 Å². The molecular formula is C30H35FN4O2. The third-order valence-electron chi connectivity index (χ3n) is 9.20. The molecule has 194 valence electrons. The molecule has 6 nitrogen and oxygen atoms in total. The van der Waals surface area contributed by atoms with Crippen LogP contribution in [0.15, 0.2) is 36.5 Å². The van der Waals surface area contributed by atoms with Gasteiger partial charge in [0, 0.05) is 66.8 Å². The third-order valence-corrected chi connectivity index (χ3v) is 9.20. The van der Waals surface area contributed by atoms with Gasteiger partial charge in [-0.25, -0.2) is 9.37 Å². The Hall–Kier alpha value is -3.19. The van der Waals surface area contributed by atoms with E-state index < -0.39 is 11.4 Å². The van der Waals surface area contributed by atoms with Crippen molar-refractivity contribution in [3.05, 3.63) is 53.6 Å². The number of nitrogens with one attached hydrogen (secondary N) is 1. The molecule has 4 heterocycles. The fourth-order valence-electron chi connectivity index (χ4n) is 6.80.